The number of aliphatic hydroxyl groups excluding tert-OH is 1. The Morgan fingerprint density at radius 2 is 1.96 bits per heavy atom. The highest BCUT2D eigenvalue weighted by Crippen LogP contribution is 2.30. The van der Waals surface area contributed by atoms with E-state index >= 15 is 0 Å². The van der Waals surface area contributed by atoms with Crippen LogP contribution < -0.4 is 5.32 Å². The molecule has 5 rings (SSSR count). The predicted octanol–water partition coefficient (Wildman–Crippen LogP) is 3.75. The van der Waals surface area contributed by atoms with Gasteiger partial charge >= 0.3 is 0 Å². The molecule has 0 amide bonds. The number of aromatic nitrogens is 3. The number of nitrogens with zero attached hydrogens (tertiary/aromatic N) is 3. The Morgan fingerprint density at radius 1 is 1.07 bits per heavy atom. The summed E-state index contributed by atoms with van der Waals surface area (Å²) >= 11 is 0. The molecule has 0 saturated heterocycles. The lowest BCUT2D eigenvalue weighted by atomic mass is 10.0. The number of anilines is 1. The number of nitrogens with one attached hydrogen (secondary N) is 1. The highest BCUT2D eigenvalue weighted by molar-refractivity contribution is 5.96. The largest absolute Gasteiger partial charge is 0.396 e. The van der Waals surface area contributed by atoms with Crippen molar-refractivity contribution >= 4 is 22.2 Å². The molecular formula is C22H20N4O. The topological polar surface area (TPSA) is 62.5 Å². The summed E-state index contributed by atoms with van der Waals surface area (Å²) in [7, 11) is 0. The van der Waals surface area contributed by atoms with Crippen LogP contribution in [0.5, 0.6) is 0 Å². The van der Waals surface area contributed by atoms with Gasteiger partial charge in [-0.05, 0) is 42.0 Å². The Kier molecular flexibility index (Phi) is 4.02. The highest BCUT2D eigenvalue weighted by Gasteiger charge is 2.25. The van der Waals surface area contributed by atoms with Crippen LogP contribution in [0.25, 0.3) is 27.7 Å². The first-order valence-electron chi connectivity index (χ1n) is 9.20. The summed E-state index contributed by atoms with van der Waals surface area (Å²) in [6.45, 7) is 0.188. The third-order valence-electron chi connectivity index (χ3n) is 5.16. The molecule has 27 heavy (non-hydrogen) atoms. The van der Waals surface area contributed by atoms with Gasteiger partial charge in [-0.1, -0.05) is 42.5 Å². The summed E-state index contributed by atoms with van der Waals surface area (Å²) in [5.41, 5.74) is 2.82. The van der Waals surface area contributed by atoms with Crippen LogP contribution in [0.1, 0.15) is 6.42 Å². The van der Waals surface area contributed by atoms with Gasteiger partial charge in [0, 0.05) is 30.5 Å². The number of rotatable bonds is 4. The average molecular weight is 356 g/mol. The van der Waals surface area contributed by atoms with Gasteiger partial charge in [0.2, 0.25) is 0 Å². The average Bonchev–Trinajstić information content (AvgIpc) is 3.35. The van der Waals surface area contributed by atoms with E-state index in [9.17, 15) is 5.11 Å². The summed E-state index contributed by atoms with van der Waals surface area (Å²) in [6, 6.07) is 18.8. The van der Waals surface area contributed by atoms with Gasteiger partial charge in [-0.3, -0.25) is 0 Å². The van der Waals surface area contributed by atoms with E-state index in [4.69, 9.17) is 5.10 Å². The summed E-state index contributed by atoms with van der Waals surface area (Å²) in [4.78, 5) is 4.48. The molecule has 5 heteroatoms. The molecule has 0 bridgehead atoms. The van der Waals surface area contributed by atoms with Crippen LogP contribution in [0.15, 0.2) is 60.8 Å². The molecule has 134 valence electrons. The second-order valence-electron chi connectivity index (χ2n) is 6.97. The molecule has 1 saturated carbocycles. The van der Waals surface area contributed by atoms with Gasteiger partial charge in [-0.25, -0.2) is 4.98 Å². The number of hydrogen-bond acceptors (Lipinski definition) is 4. The maximum absolute atomic E-state index is 9.33. The van der Waals surface area contributed by atoms with Gasteiger partial charge in [0.15, 0.2) is 5.65 Å². The minimum Gasteiger partial charge on any atom is -0.396 e. The number of aliphatic hydroxyl groups is 1. The van der Waals surface area contributed by atoms with E-state index in [1.807, 2.05) is 22.7 Å². The molecule has 2 heterocycles. The lowest BCUT2D eigenvalue weighted by Gasteiger charge is -2.14. The SMILES string of the molecule is OC[C@@H]1[CH][CH][C@@H](Nc2ccnc3cc(-c4cccc5ccccc45)nn23)C1. The standard InChI is InChI=1S/C22H20N4O/c27-14-15-8-9-17(12-15)24-21-10-11-23-22-13-20(25-26(21)22)19-7-3-5-16-4-1-2-6-18(16)19/h1-11,13,15,17,24,27H,12,14H2/t15-,17-/m1/s1. The molecule has 1 fully saturated rings. The Labute approximate surface area is 157 Å². The van der Waals surface area contributed by atoms with Crippen molar-refractivity contribution in [3.8, 4) is 11.3 Å². The fraction of sp³-hybridized carbons (Fsp3) is 0.182. The van der Waals surface area contributed by atoms with Crippen molar-refractivity contribution in [2.45, 2.75) is 12.5 Å². The quantitative estimate of drug-likeness (QED) is 0.585. The van der Waals surface area contributed by atoms with E-state index in [1.54, 1.807) is 6.20 Å². The first-order valence-corrected chi connectivity index (χ1v) is 9.20. The van der Waals surface area contributed by atoms with Crippen molar-refractivity contribution in [3.05, 3.63) is 73.6 Å². The number of benzene rings is 2. The third-order valence-corrected chi connectivity index (χ3v) is 5.16. The molecule has 1 aliphatic rings. The second kappa shape index (κ2) is 6.67. The molecule has 1 aliphatic carbocycles. The number of hydrogen-bond donors (Lipinski definition) is 2. The van der Waals surface area contributed by atoms with E-state index < -0.39 is 0 Å². The molecule has 4 aromatic rings. The lowest BCUT2D eigenvalue weighted by Crippen LogP contribution is -2.19. The predicted molar refractivity (Wildman–Crippen MR) is 107 cm³/mol. The lowest BCUT2D eigenvalue weighted by molar-refractivity contribution is 0.246. The second-order valence-corrected chi connectivity index (χ2v) is 6.97. The first kappa shape index (κ1) is 16.3. The Morgan fingerprint density at radius 3 is 2.85 bits per heavy atom. The molecule has 0 unspecified atom stereocenters. The maximum Gasteiger partial charge on any atom is 0.157 e. The summed E-state index contributed by atoms with van der Waals surface area (Å²) < 4.78 is 1.86. The zero-order valence-electron chi connectivity index (χ0n) is 14.8. The van der Waals surface area contributed by atoms with E-state index in [0.29, 0.717) is 0 Å². The monoisotopic (exact) mass is 356 g/mol. The van der Waals surface area contributed by atoms with Crippen molar-refractivity contribution in [1.29, 1.82) is 0 Å². The van der Waals surface area contributed by atoms with Crippen molar-refractivity contribution in [1.82, 2.24) is 14.6 Å². The van der Waals surface area contributed by atoms with Gasteiger partial charge < -0.3 is 10.4 Å². The highest BCUT2D eigenvalue weighted by atomic mass is 16.3. The summed E-state index contributed by atoms with van der Waals surface area (Å²) in [5, 5.41) is 20.1. The molecule has 5 nitrogen and oxygen atoms in total. The van der Waals surface area contributed by atoms with Crippen LogP contribution in [0.2, 0.25) is 0 Å². The van der Waals surface area contributed by atoms with Gasteiger partial charge in [-0.15, -0.1) is 0 Å². The van der Waals surface area contributed by atoms with Gasteiger partial charge in [0.05, 0.1) is 5.69 Å². The smallest absolute Gasteiger partial charge is 0.157 e. The van der Waals surface area contributed by atoms with Crippen LogP contribution in [0, 0.1) is 18.8 Å². The summed E-state index contributed by atoms with van der Waals surface area (Å²) in [5.74, 6) is 1.13. The van der Waals surface area contributed by atoms with E-state index in [-0.39, 0.29) is 18.6 Å². The molecule has 2 atom stereocenters. The van der Waals surface area contributed by atoms with Crippen molar-refractivity contribution in [3.63, 3.8) is 0 Å². The fourth-order valence-corrected chi connectivity index (χ4v) is 3.79. The minimum absolute atomic E-state index is 0.188. The molecule has 0 spiro atoms. The van der Waals surface area contributed by atoms with Crippen molar-refractivity contribution < 1.29 is 5.11 Å². The molecule has 2 radical (unpaired) electrons. The van der Waals surface area contributed by atoms with Gasteiger partial charge in [-0.2, -0.15) is 9.61 Å². The minimum atomic E-state index is 0.188. The Bertz CT molecular complexity index is 1100. The van der Waals surface area contributed by atoms with Crippen LogP contribution in [0.3, 0.4) is 0 Å². The molecule has 2 aromatic carbocycles. The normalized spacial score (nSPS) is 19.7. The van der Waals surface area contributed by atoms with Crippen molar-refractivity contribution in [2.75, 3.05) is 11.9 Å². The molecule has 2 aromatic heterocycles. The van der Waals surface area contributed by atoms with E-state index in [2.05, 4.69) is 59.5 Å². The zero-order valence-corrected chi connectivity index (χ0v) is 14.8. The molecule has 0 aliphatic heterocycles. The fourth-order valence-electron chi connectivity index (χ4n) is 3.79. The van der Waals surface area contributed by atoms with Gasteiger partial charge in [0.25, 0.3) is 0 Å². The molecular weight excluding hydrogens is 336 g/mol. The van der Waals surface area contributed by atoms with E-state index in [0.717, 1.165) is 29.1 Å². The zero-order chi connectivity index (χ0) is 18.2. The Balaban J connectivity index is 1.54. The first-order chi connectivity index (χ1) is 13.3. The summed E-state index contributed by atoms with van der Waals surface area (Å²) in [6.07, 6.45) is 6.87. The number of fused-ring (bicyclic) bond motifs is 2. The van der Waals surface area contributed by atoms with Crippen LogP contribution >= 0.6 is 0 Å². The van der Waals surface area contributed by atoms with Crippen LogP contribution in [-0.2, 0) is 0 Å². The maximum atomic E-state index is 9.33. The van der Waals surface area contributed by atoms with E-state index in [1.165, 1.54) is 10.8 Å². The van der Waals surface area contributed by atoms with Crippen LogP contribution in [-0.4, -0.2) is 32.4 Å². The van der Waals surface area contributed by atoms with Crippen molar-refractivity contribution in [2.24, 2.45) is 5.92 Å². The Hall–Kier alpha value is -2.92. The molecule has 2 N–H and O–H groups in total. The van der Waals surface area contributed by atoms with Gasteiger partial charge in [0.1, 0.15) is 5.82 Å². The van der Waals surface area contributed by atoms with Crippen LogP contribution in [0.4, 0.5) is 5.82 Å². The third kappa shape index (κ3) is 2.94.